The van der Waals surface area contributed by atoms with E-state index in [1.165, 1.54) is 4.90 Å². The Bertz CT molecular complexity index is 1270. The molecule has 172 valence electrons. The molecule has 3 aromatic rings. The first-order valence-electron chi connectivity index (χ1n) is 11.1. The molecule has 0 atom stereocenters. The van der Waals surface area contributed by atoms with Crippen LogP contribution in [0.2, 0.25) is 0 Å². The smallest absolute Gasteiger partial charge is 0.278 e. The van der Waals surface area contributed by atoms with E-state index in [0.29, 0.717) is 40.6 Å². The van der Waals surface area contributed by atoms with Crippen molar-refractivity contribution in [2.24, 2.45) is 0 Å². The van der Waals surface area contributed by atoms with Crippen molar-refractivity contribution in [2.75, 3.05) is 25.3 Å². The van der Waals surface area contributed by atoms with Gasteiger partial charge in [0.2, 0.25) is 6.79 Å². The lowest BCUT2D eigenvalue weighted by molar-refractivity contribution is -0.137. The molecule has 0 unspecified atom stereocenters. The van der Waals surface area contributed by atoms with Crippen LogP contribution in [0.15, 0.2) is 78.5 Å². The maximum absolute atomic E-state index is 13.8. The van der Waals surface area contributed by atoms with E-state index in [-0.39, 0.29) is 25.2 Å². The van der Waals surface area contributed by atoms with E-state index in [1.54, 1.807) is 25.3 Å². The highest BCUT2D eigenvalue weighted by molar-refractivity contribution is 6.36. The predicted molar refractivity (Wildman–Crippen MR) is 127 cm³/mol. The summed E-state index contributed by atoms with van der Waals surface area (Å²) in [6, 6.07) is 22.2. The Morgan fingerprint density at radius 3 is 2.35 bits per heavy atom. The SMILES string of the molecule is CCN(C1=C(c2ccc(OC)cc2)C(=O)N(Cc2ccc3c(c2)OCO3)C1=O)c1ccccc1. The lowest BCUT2D eigenvalue weighted by atomic mass is 10.0. The lowest BCUT2D eigenvalue weighted by Gasteiger charge is -2.25. The Kier molecular flexibility index (Phi) is 5.67. The van der Waals surface area contributed by atoms with Crippen LogP contribution in [-0.4, -0.2) is 37.2 Å². The first-order chi connectivity index (χ1) is 16.6. The zero-order valence-corrected chi connectivity index (χ0v) is 19.0. The van der Waals surface area contributed by atoms with Gasteiger partial charge >= 0.3 is 0 Å². The van der Waals surface area contributed by atoms with Crippen LogP contribution in [0, 0.1) is 0 Å². The molecular formula is C27H24N2O5. The number of amides is 2. The number of ether oxygens (including phenoxy) is 3. The van der Waals surface area contributed by atoms with Gasteiger partial charge in [0.25, 0.3) is 11.8 Å². The molecule has 7 heteroatoms. The molecule has 0 saturated heterocycles. The van der Waals surface area contributed by atoms with Crippen LogP contribution in [0.1, 0.15) is 18.1 Å². The minimum absolute atomic E-state index is 0.129. The Balaban J connectivity index is 1.56. The Hall–Kier alpha value is -4.26. The summed E-state index contributed by atoms with van der Waals surface area (Å²) in [5.74, 6) is 1.27. The van der Waals surface area contributed by atoms with Crippen LogP contribution in [0.25, 0.3) is 5.57 Å². The fourth-order valence-corrected chi connectivity index (χ4v) is 4.27. The first-order valence-corrected chi connectivity index (χ1v) is 11.1. The molecule has 5 rings (SSSR count). The fourth-order valence-electron chi connectivity index (χ4n) is 4.27. The molecule has 0 spiro atoms. The van der Waals surface area contributed by atoms with Gasteiger partial charge in [-0.2, -0.15) is 0 Å². The van der Waals surface area contributed by atoms with Gasteiger partial charge in [0.1, 0.15) is 11.4 Å². The van der Waals surface area contributed by atoms with Gasteiger partial charge < -0.3 is 19.1 Å². The summed E-state index contributed by atoms with van der Waals surface area (Å²) in [5, 5.41) is 0. The summed E-state index contributed by atoms with van der Waals surface area (Å²) in [5.41, 5.74) is 3.03. The molecule has 2 amide bonds. The summed E-state index contributed by atoms with van der Waals surface area (Å²) in [6.07, 6.45) is 0. The van der Waals surface area contributed by atoms with Crippen molar-refractivity contribution in [3.8, 4) is 17.2 Å². The van der Waals surface area contributed by atoms with Crippen molar-refractivity contribution in [3.05, 3.63) is 89.6 Å². The minimum Gasteiger partial charge on any atom is -0.497 e. The van der Waals surface area contributed by atoms with Gasteiger partial charge in [-0.05, 0) is 54.4 Å². The predicted octanol–water partition coefficient (Wildman–Crippen LogP) is 4.23. The number of carbonyl (C=O) groups is 2. The van der Waals surface area contributed by atoms with Crippen molar-refractivity contribution in [2.45, 2.75) is 13.5 Å². The number of imide groups is 1. The second kappa shape index (κ2) is 8.94. The van der Waals surface area contributed by atoms with E-state index in [9.17, 15) is 9.59 Å². The van der Waals surface area contributed by atoms with E-state index < -0.39 is 0 Å². The molecular weight excluding hydrogens is 432 g/mol. The summed E-state index contributed by atoms with van der Waals surface area (Å²) >= 11 is 0. The third kappa shape index (κ3) is 3.75. The zero-order valence-electron chi connectivity index (χ0n) is 19.0. The first kappa shape index (κ1) is 21.6. The number of methoxy groups -OCH3 is 1. The molecule has 0 bridgehead atoms. The molecule has 0 aromatic heterocycles. The average molecular weight is 456 g/mol. The van der Waals surface area contributed by atoms with Gasteiger partial charge in [0.15, 0.2) is 11.5 Å². The van der Waals surface area contributed by atoms with E-state index in [1.807, 2.05) is 66.4 Å². The highest BCUT2D eigenvalue weighted by Crippen LogP contribution is 2.37. The second-order valence-electron chi connectivity index (χ2n) is 7.92. The van der Waals surface area contributed by atoms with E-state index >= 15 is 0 Å². The summed E-state index contributed by atoms with van der Waals surface area (Å²) in [4.78, 5) is 30.6. The summed E-state index contributed by atoms with van der Waals surface area (Å²) in [7, 11) is 1.59. The van der Waals surface area contributed by atoms with Gasteiger partial charge in [-0.15, -0.1) is 0 Å². The van der Waals surface area contributed by atoms with Crippen LogP contribution in [-0.2, 0) is 16.1 Å². The third-order valence-corrected chi connectivity index (χ3v) is 5.95. The fraction of sp³-hybridized carbons (Fsp3) is 0.185. The number of hydrogen-bond acceptors (Lipinski definition) is 6. The van der Waals surface area contributed by atoms with Crippen LogP contribution in [0.4, 0.5) is 5.69 Å². The number of anilines is 1. The number of likely N-dealkylation sites (N-methyl/N-ethyl adjacent to an activating group) is 1. The summed E-state index contributed by atoms with van der Waals surface area (Å²) in [6.45, 7) is 2.78. The Labute approximate surface area is 197 Å². The van der Waals surface area contributed by atoms with Crippen molar-refractivity contribution in [1.29, 1.82) is 0 Å². The molecule has 2 heterocycles. The normalized spacial score (nSPS) is 14.7. The minimum atomic E-state index is -0.336. The Morgan fingerprint density at radius 1 is 0.912 bits per heavy atom. The molecule has 2 aliphatic heterocycles. The maximum atomic E-state index is 13.8. The van der Waals surface area contributed by atoms with Gasteiger partial charge in [-0.1, -0.05) is 36.4 Å². The van der Waals surface area contributed by atoms with E-state index in [0.717, 1.165) is 11.3 Å². The molecule has 2 aliphatic rings. The number of rotatable bonds is 7. The zero-order chi connectivity index (χ0) is 23.7. The van der Waals surface area contributed by atoms with Crippen LogP contribution >= 0.6 is 0 Å². The van der Waals surface area contributed by atoms with Crippen LogP contribution in [0.3, 0.4) is 0 Å². The highest BCUT2D eigenvalue weighted by atomic mass is 16.7. The van der Waals surface area contributed by atoms with Crippen molar-refractivity contribution < 1.29 is 23.8 Å². The van der Waals surface area contributed by atoms with Crippen molar-refractivity contribution in [3.63, 3.8) is 0 Å². The number of fused-ring (bicyclic) bond motifs is 1. The third-order valence-electron chi connectivity index (χ3n) is 5.95. The van der Waals surface area contributed by atoms with Crippen molar-refractivity contribution >= 4 is 23.1 Å². The molecule has 0 radical (unpaired) electrons. The monoisotopic (exact) mass is 456 g/mol. The van der Waals surface area contributed by atoms with E-state index in [4.69, 9.17) is 14.2 Å². The molecule has 0 N–H and O–H groups in total. The highest BCUT2D eigenvalue weighted by Gasteiger charge is 2.41. The molecule has 0 aliphatic carbocycles. The maximum Gasteiger partial charge on any atom is 0.278 e. The number of benzene rings is 3. The number of nitrogens with zero attached hydrogens (tertiary/aromatic N) is 2. The average Bonchev–Trinajstić information content (AvgIpc) is 3.44. The van der Waals surface area contributed by atoms with Gasteiger partial charge in [0, 0.05) is 12.2 Å². The second-order valence-corrected chi connectivity index (χ2v) is 7.92. The number of carbonyl (C=O) groups excluding carboxylic acids is 2. The van der Waals surface area contributed by atoms with Crippen molar-refractivity contribution in [1.82, 2.24) is 4.90 Å². The number of hydrogen-bond donors (Lipinski definition) is 0. The van der Waals surface area contributed by atoms with Crippen LogP contribution in [0.5, 0.6) is 17.2 Å². The van der Waals surface area contributed by atoms with Gasteiger partial charge in [0.05, 0.1) is 19.2 Å². The molecule has 7 nitrogen and oxygen atoms in total. The molecule has 3 aromatic carbocycles. The standard InChI is InChI=1S/C27H24N2O5/c1-3-28(20-7-5-4-6-8-20)25-24(19-10-12-21(32-2)13-11-19)26(30)29(27(25)31)16-18-9-14-22-23(15-18)34-17-33-22/h4-15H,3,16-17H2,1-2H3. The van der Waals surface area contributed by atoms with E-state index in [2.05, 4.69) is 0 Å². The van der Waals surface area contributed by atoms with Crippen LogP contribution < -0.4 is 19.1 Å². The quantitative estimate of drug-likeness (QED) is 0.496. The molecule has 34 heavy (non-hydrogen) atoms. The van der Waals surface area contributed by atoms with Gasteiger partial charge in [-0.3, -0.25) is 14.5 Å². The number of para-hydroxylation sites is 1. The molecule has 0 fully saturated rings. The summed E-state index contributed by atoms with van der Waals surface area (Å²) < 4.78 is 16.1. The Morgan fingerprint density at radius 2 is 1.65 bits per heavy atom. The lowest BCUT2D eigenvalue weighted by Crippen LogP contribution is -2.34. The topological polar surface area (TPSA) is 68.3 Å². The van der Waals surface area contributed by atoms with Gasteiger partial charge in [-0.25, -0.2) is 0 Å². The molecule has 0 saturated carbocycles. The largest absolute Gasteiger partial charge is 0.497 e.